The number of carboxylic acids is 1. The molecule has 3 N–H and O–H groups in total. The van der Waals surface area contributed by atoms with Crippen LogP contribution in [0, 0.1) is 10.1 Å². The van der Waals surface area contributed by atoms with Gasteiger partial charge in [-0.15, -0.1) is 0 Å². The van der Waals surface area contributed by atoms with E-state index in [4.69, 9.17) is 5.11 Å². The van der Waals surface area contributed by atoms with Crippen molar-refractivity contribution in [2.24, 2.45) is 0 Å². The van der Waals surface area contributed by atoms with Crippen LogP contribution in [0.4, 0.5) is 11.4 Å². The maximum atomic E-state index is 11.8. The fraction of sp³-hybridized carbons (Fsp3) is 0.385. The van der Waals surface area contributed by atoms with Crippen LogP contribution in [-0.4, -0.2) is 34.0 Å². The van der Waals surface area contributed by atoms with Gasteiger partial charge in [0.15, 0.2) is 0 Å². The Morgan fingerprint density at radius 1 is 1.29 bits per heavy atom. The Labute approximate surface area is 121 Å². The molecule has 1 unspecified atom stereocenters. The summed E-state index contributed by atoms with van der Waals surface area (Å²) in [4.78, 5) is 32.8. The molecule has 1 aromatic carbocycles. The second kappa shape index (κ2) is 6.69. The molecule has 1 atom stereocenters. The van der Waals surface area contributed by atoms with E-state index in [0.29, 0.717) is 5.69 Å². The van der Waals surface area contributed by atoms with E-state index in [-0.39, 0.29) is 11.9 Å². The lowest BCUT2D eigenvalue weighted by Crippen LogP contribution is -2.41. The van der Waals surface area contributed by atoms with Gasteiger partial charge in [-0.1, -0.05) is 0 Å². The van der Waals surface area contributed by atoms with Crippen LogP contribution in [0.5, 0.6) is 0 Å². The lowest BCUT2D eigenvalue weighted by atomic mass is 10.1. The summed E-state index contributed by atoms with van der Waals surface area (Å²) in [6, 6.07) is 2.98. The number of nitro groups is 1. The second-order valence-corrected chi connectivity index (χ2v) is 4.82. The Balaban J connectivity index is 2.95. The van der Waals surface area contributed by atoms with Gasteiger partial charge < -0.3 is 15.7 Å². The number of anilines is 1. The molecule has 21 heavy (non-hydrogen) atoms. The fourth-order valence-electron chi connectivity index (χ4n) is 1.68. The molecule has 8 nitrogen and oxygen atoms in total. The highest BCUT2D eigenvalue weighted by atomic mass is 16.6. The molecule has 1 amide bonds. The second-order valence-electron chi connectivity index (χ2n) is 4.82. The molecule has 0 bridgehead atoms. The first-order valence-electron chi connectivity index (χ1n) is 6.31. The summed E-state index contributed by atoms with van der Waals surface area (Å²) in [6.07, 6.45) is 0. The van der Waals surface area contributed by atoms with Crippen LogP contribution >= 0.6 is 0 Å². The highest BCUT2D eigenvalue weighted by molar-refractivity contribution is 5.94. The molecule has 0 aliphatic rings. The van der Waals surface area contributed by atoms with Gasteiger partial charge in [0.2, 0.25) is 5.91 Å². The number of nitrogens with zero attached hydrogens (tertiary/aromatic N) is 1. The SMILES string of the molecule is CC(C)NC(=O)C(C)Nc1ccc([N+](=O)[O-])c(C(=O)O)c1. The van der Waals surface area contributed by atoms with Gasteiger partial charge in [-0.05, 0) is 32.9 Å². The first kappa shape index (κ1) is 16.4. The molecule has 0 saturated heterocycles. The van der Waals surface area contributed by atoms with Crippen molar-refractivity contribution in [2.75, 3.05) is 5.32 Å². The van der Waals surface area contributed by atoms with Crippen molar-refractivity contribution in [3.8, 4) is 0 Å². The number of benzene rings is 1. The third-order valence-electron chi connectivity index (χ3n) is 2.63. The van der Waals surface area contributed by atoms with E-state index >= 15 is 0 Å². The number of hydrogen-bond acceptors (Lipinski definition) is 5. The van der Waals surface area contributed by atoms with Crippen molar-refractivity contribution in [2.45, 2.75) is 32.9 Å². The maximum Gasteiger partial charge on any atom is 0.342 e. The molecule has 0 aliphatic heterocycles. The summed E-state index contributed by atoms with van der Waals surface area (Å²) < 4.78 is 0. The predicted octanol–water partition coefficient (Wildman–Crippen LogP) is 1.62. The van der Waals surface area contributed by atoms with Crippen LogP contribution in [0.25, 0.3) is 0 Å². The van der Waals surface area contributed by atoms with E-state index in [1.165, 1.54) is 6.07 Å². The minimum atomic E-state index is -1.40. The summed E-state index contributed by atoms with van der Waals surface area (Å²) >= 11 is 0. The number of nitro benzene ring substituents is 1. The van der Waals surface area contributed by atoms with Gasteiger partial charge in [0.05, 0.1) is 4.92 Å². The normalized spacial score (nSPS) is 11.8. The number of rotatable bonds is 6. The van der Waals surface area contributed by atoms with E-state index in [1.54, 1.807) is 6.92 Å². The largest absolute Gasteiger partial charge is 0.477 e. The zero-order valence-electron chi connectivity index (χ0n) is 11.9. The predicted molar refractivity (Wildman–Crippen MR) is 76.4 cm³/mol. The van der Waals surface area contributed by atoms with Gasteiger partial charge >= 0.3 is 5.97 Å². The quantitative estimate of drug-likeness (QED) is 0.541. The van der Waals surface area contributed by atoms with Crippen molar-refractivity contribution < 1.29 is 19.6 Å². The molecule has 8 heteroatoms. The number of hydrogen-bond donors (Lipinski definition) is 3. The summed E-state index contributed by atoms with van der Waals surface area (Å²) in [7, 11) is 0. The lowest BCUT2D eigenvalue weighted by Gasteiger charge is -2.17. The van der Waals surface area contributed by atoms with Crippen LogP contribution < -0.4 is 10.6 Å². The standard InChI is InChI=1S/C13H17N3O5/c1-7(2)14-12(17)8(3)15-9-4-5-11(16(20)21)10(6-9)13(18)19/h4-8,15H,1-3H3,(H,14,17)(H,18,19). The topological polar surface area (TPSA) is 122 Å². The molecule has 0 aliphatic carbocycles. The first-order chi connectivity index (χ1) is 9.72. The Bertz CT molecular complexity index is 571. The molecule has 0 aromatic heterocycles. The van der Waals surface area contributed by atoms with Crippen molar-refractivity contribution in [3.05, 3.63) is 33.9 Å². The fourth-order valence-corrected chi connectivity index (χ4v) is 1.68. The van der Waals surface area contributed by atoms with Gasteiger partial charge in [0, 0.05) is 17.8 Å². The van der Waals surface area contributed by atoms with E-state index in [0.717, 1.165) is 12.1 Å². The Morgan fingerprint density at radius 3 is 2.38 bits per heavy atom. The van der Waals surface area contributed by atoms with Crippen LogP contribution in [0.1, 0.15) is 31.1 Å². The minimum absolute atomic E-state index is 0.0202. The van der Waals surface area contributed by atoms with Crippen molar-refractivity contribution in [1.29, 1.82) is 0 Å². The Morgan fingerprint density at radius 2 is 1.90 bits per heavy atom. The average molecular weight is 295 g/mol. The van der Waals surface area contributed by atoms with Gasteiger partial charge in [-0.2, -0.15) is 0 Å². The van der Waals surface area contributed by atoms with Crippen molar-refractivity contribution >= 4 is 23.3 Å². The van der Waals surface area contributed by atoms with Crippen LogP contribution in [0.3, 0.4) is 0 Å². The number of aromatic carboxylic acids is 1. The van der Waals surface area contributed by atoms with Crippen LogP contribution in [0.15, 0.2) is 18.2 Å². The van der Waals surface area contributed by atoms with E-state index in [1.807, 2.05) is 13.8 Å². The van der Waals surface area contributed by atoms with Gasteiger partial charge in [-0.3, -0.25) is 14.9 Å². The summed E-state index contributed by atoms with van der Waals surface area (Å²) in [5.74, 6) is -1.65. The van der Waals surface area contributed by atoms with Crippen molar-refractivity contribution in [1.82, 2.24) is 5.32 Å². The van der Waals surface area contributed by atoms with E-state index < -0.39 is 28.2 Å². The molecule has 0 saturated carbocycles. The lowest BCUT2D eigenvalue weighted by molar-refractivity contribution is -0.385. The molecule has 0 spiro atoms. The summed E-state index contributed by atoms with van der Waals surface area (Å²) in [6.45, 7) is 5.25. The first-order valence-corrected chi connectivity index (χ1v) is 6.31. The molecular formula is C13H17N3O5. The third kappa shape index (κ3) is 4.44. The number of carboxylic acid groups (broad SMARTS) is 1. The summed E-state index contributed by atoms with van der Waals surface area (Å²) in [5, 5.41) is 25.3. The zero-order chi connectivity index (χ0) is 16.2. The Kier molecular flexibility index (Phi) is 5.23. The van der Waals surface area contributed by atoms with Gasteiger partial charge in [-0.25, -0.2) is 4.79 Å². The summed E-state index contributed by atoms with van der Waals surface area (Å²) in [5.41, 5.74) is -0.599. The molecule has 1 rings (SSSR count). The average Bonchev–Trinajstić information content (AvgIpc) is 2.37. The maximum absolute atomic E-state index is 11.8. The third-order valence-corrected chi connectivity index (χ3v) is 2.63. The van der Waals surface area contributed by atoms with Crippen LogP contribution in [-0.2, 0) is 4.79 Å². The number of carbonyl (C=O) groups is 2. The Hall–Kier alpha value is -2.64. The number of amides is 1. The molecule has 0 fully saturated rings. The molecule has 114 valence electrons. The zero-order valence-corrected chi connectivity index (χ0v) is 11.9. The number of carbonyl (C=O) groups excluding carboxylic acids is 1. The molecular weight excluding hydrogens is 278 g/mol. The molecule has 0 radical (unpaired) electrons. The van der Waals surface area contributed by atoms with Crippen molar-refractivity contribution in [3.63, 3.8) is 0 Å². The van der Waals surface area contributed by atoms with E-state index in [9.17, 15) is 19.7 Å². The minimum Gasteiger partial charge on any atom is -0.477 e. The molecule has 0 heterocycles. The monoisotopic (exact) mass is 295 g/mol. The van der Waals surface area contributed by atoms with E-state index in [2.05, 4.69) is 10.6 Å². The van der Waals surface area contributed by atoms with Gasteiger partial charge in [0.1, 0.15) is 11.6 Å². The van der Waals surface area contributed by atoms with Gasteiger partial charge in [0.25, 0.3) is 5.69 Å². The number of nitrogens with one attached hydrogen (secondary N) is 2. The van der Waals surface area contributed by atoms with Crippen LogP contribution in [0.2, 0.25) is 0 Å². The molecule has 1 aromatic rings. The highest BCUT2D eigenvalue weighted by Gasteiger charge is 2.21. The smallest absolute Gasteiger partial charge is 0.342 e. The highest BCUT2D eigenvalue weighted by Crippen LogP contribution is 2.23.